The molecule has 0 bridgehead atoms. The molecule has 4 heavy (non-hydrogen) atoms. The van der Waals surface area contributed by atoms with Crippen molar-refractivity contribution in [2.45, 2.75) is 0 Å². The molecule has 4 heteroatoms. The molecule has 1 radical (unpaired) electrons. The van der Waals surface area contributed by atoms with Gasteiger partial charge in [0.05, 0.1) is 0 Å². The van der Waals surface area contributed by atoms with Gasteiger partial charge in [0.2, 0.25) is 0 Å². The maximum atomic E-state index is 0. The third-order valence-electron chi connectivity index (χ3n) is 0. The van der Waals surface area contributed by atoms with Crippen molar-refractivity contribution < 1.29 is 86.5 Å². The van der Waals surface area contributed by atoms with E-state index >= 15 is 0 Å². The maximum Gasteiger partial charge on any atom is 3.00 e. The van der Waals surface area contributed by atoms with Gasteiger partial charge in [0.1, 0.15) is 0 Å². The van der Waals surface area contributed by atoms with Gasteiger partial charge in [-0.05, 0) is 0 Å². The van der Waals surface area contributed by atoms with Gasteiger partial charge in [-0.2, -0.15) is 0 Å². The Labute approximate surface area is 84.5 Å². The minimum Gasteiger partial charge on any atom is -2.00 e. The summed E-state index contributed by atoms with van der Waals surface area (Å²) < 4.78 is 0. The molecule has 0 aliphatic rings. The third kappa shape index (κ3) is 8.86. The van der Waals surface area contributed by atoms with Crippen LogP contribution in [0.5, 0.6) is 0 Å². The molecule has 2 nitrogen and oxygen atoms in total. The molecule has 0 spiro atoms. The first-order valence-electron chi connectivity index (χ1n) is 0. The van der Waals surface area contributed by atoms with Crippen LogP contribution in [0.25, 0.3) is 0 Å². The molecule has 0 aliphatic heterocycles. The van der Waals surface area contributed by atoms with E-state index in [2.05, 4.69) is 0 Å². The summed E-state index contributed by atoms with van der Waals surface area (Å²) in [6, 6.07) is 0. The molecule has 0 heterocycles. The molecular formula is CrO2Rb. The van der Waals surface area contributed by atoms with E-state index in [4.69, 9.17) is 0 Å². The standard InChI is InChI=1S/Cr.2O.Rb/q+3;2*-2;+1. The van der Waals surface area contributed by atoms with Crippen LogP contribution < -0.4 is 58.2 Å². The molecule has 0 aromatic rings. The monoisotopic (exact) mass is 169 g/mol. The summed E-state index contributed by atoms with van der Waals surface area (Å²) in [5, 5.41) is 0. The van der Waals surface area contributed by atoms with Crippen molar-refractivity contribution in [2.24, 2.45) is 0 Å². The van der Waals surface area contributed by atoms with Crippen LogP contribution in [-0.2, 0) is 28.3 Å². The van der Waals surface area contributed by atoms with Gasteiger partial charge in [-0.1, -0.05) is 0 Å². The fraction of sp³-hybridized carbons (Fsp3) is 0. The molecule has 0 aromatic carbocycles. The van der Waals surface area contributed by atoms with Crippen molar-refractivity contribution in [1.29, 1.82) is 0 Å². The Kier molecular flexibility index (Phi) is 159. The largest absolute Gasteiger partial charge is 3.00 e. The van der Waals surface area contributed by atoms with Crippen molar-refractivity contribution in [3.8, 4) is 0 Å². The van der Waals surface area contributed by atoms with E-state index in [1.807, 2.05) is 0 Å². The van der Waals surface area contributed by atoms with E-state index in [0.29, 0.717) is 0 Å². The van der Waals surface area contributed by atoms with E-state index in [0.717, 1.165) is 0 Å². The van der Waals surface area contributed by atoms with Gasteiger partial charge in [0.15, 0.2) is 0 Å². The third-order valence-corrected chi connectivity index (χ3v) is 0. The van der Waals surface area contributed by atoms with Crippen molar-refractivity contribution in [2.75, 3.05) is 0 Å². The van der Waals surface area contributed by atoms with Gasteiger partial charge < -0.3 is 11.0 Å². The first kappa shape index (κ1) is 33.9. The topological polar surface area (TPSA) is 57.0 Å². The average molecular weight is 169 g/mol. The van der Waals surface area contributed by atoms with Crippen LogP contribution in [0.4, 0.5) is 0 Å². The Bertz CT molecular complexity index is 6.00. The summed E-state index contributed by atoms with van der Waals surface area (Å²) in [6.07, 6.45) is 0. The SMILES string of the molecule is [Cr+3].[O-2].[O-2].[Rb+]. The zero-order chi connectivity index (χ0) is 0. The van der Waals surface area contributed by atoms with E-state index in [9.17, 15) is 0 Å². The second-order valence-corrected chi connectivity index (χ2v) is 0. The Hall–Kier alpha value is 2.26. The van der Waals surface area contributed by atoms with Crippen LogP contribution in [0.15, 0.2) is 0 Å². The number of rotatable bonds is 0. The van der Waals surface area contributed by atoms with Crippen LogP contribution in [0.2, 0.25) is 0 Å². The number of hydrogen-bond donors (Lipinski definition) is 0. The minimum absolute atomic E-state index is 0. The molecule has 0 aromatic heterocycles. The van der Waals surface area contributed by atoms with Crippen molar-refractivity contribution in [1.82, 2.24) is 0 Å². The quantitative estimate of drug-likeness (QED) is 0.366. The average Bonchev–Trinajstić information content (AvgIpc) is 0. The van der Waals surface area contributed by atoms with Gasteiger partial charge >= 0.3 is 75.5 Å². The molecule has 0 saturated carbocycles. The Morgan fingerprint density at radius 2 is 0.750 bits per heavy atom. The van der Waals surface area contributed by atoms with E-state index in [1.54, 1.807) is 0 Å². The predicted molar refractivity (Wildman–Crippen MR) is 1.37 cm³/mol. The Morgan fingerprint density at radius 3 is 0.750 bits per heavy atom. The van der Waals surface area contributed by atoms with Crippen molar-refractivity contribution in [3.05, 3.63) is 0 Å². The van der Waals surface area contributed by atoms with Crippen LogP contribution in [0, 0.1) is 0 Å². The summed E-state index contributed by atoms with van der Waals surface area (Å²) in [5.74, 6) is 0. The van der Waals surface area contributed by atoms with Crippen LogP contribution in [-0.4, -0.2) is 0 Å². The van der Waals surface area contributed by atoms with Crippen LogP contribution in [0.3, 0.4) is 0 Å². The molecule has 0 rings (SSSR count). The summed E-state index contributed by atoms with van der Waals surface area (Å²) >= 11 is 0. The van der Waals surface area contributed by atoms with Crippen molar-refractivity contribution >= 4 is 0 Å². The van der Waals surface area contributed by atoms with Gasteiger partial charge in [0.25, 0.3) is 0 Å². The molecule has 19 valence electrons. The van der Waals surface area contributed by atoms with Crippen LogP contribution in [0.1, 0.15) is 0 Å². The molecule has 0 fully saturated rings. The molecule has 0 saturated heterocycles. The van der Waals surface area contributed by atoms with Gasteiger partial charge in [-0.15, -0.1) is 0 Å². The van der Waals surface area contributed by atoms with E-state index < -0.39 is 0 Å². The van der Waals surface area contributed by atoms with Gasteiger partial charge in [-0.3, -0.25) is 0 Å². The summed E-state index contributed by atoms with van der Waals surface area (Å²) in [6.45, 7) is 0. The predicted octanol–water partition coefficient (Wildman–Crippen LogP) is -3.24. The first-order chi connectivity index (χ1) is 0. The van der Waals surface area contributed by atoms with Gasteiger partial charge in [0, 0.05) is 0 Å². The van der Waals surface area contributed by atoms with E-state index in [1.165, 1.54) is 0 Å². The van der Waals surface area contributed by atoms with Crippen LogP contribution >= 0.6 is 0 Å². The Morgan fingerprint density at radius 1 is 0.750 bits per heavy atom. The van der Waals surface area contributed by atoms with Gasteiger partial charge in [-0.25, -0.2) is 0 Å². The second kappa shape index (κ2) is 18.7. The second-order valence-electron chi connectivity index (χ2n) is 0. The first-order valence-corrected chi connectivity index (χ1v) is 0. The molecule has 0 amide bonds. The molecule has 0 N–H and O–H groups in total. The fourth-order valence-electron chi connectivity index (χ4n) is 0. The minimum atomic E-state index is 0. The molecule has 0 atom stereocenters. The molecule has 0 aliphatic carbocycles. The Balaban J connectivity index is 0. The molecule has 0 unspecified atom stereocenters. The summed E-state index contributed by atoms with van der Waals surface area (Å²) in [7, 11) is 0. The van der Waals surface area contributed by atoms with Crippen molar-refractivity contribution in [3.63, 3.8) is 0 Å². The maximum absolute atomic E-state index is 0. The zero-order valence-corrected chi connectivity index (χ0v) is 8.42. The molecular weight excluding hydrogens is 169 g/mol. The smallest absolute Gasteiger partial charge is 2.00 e. The zero-order valence-electron chi connectivity index (χ0n) is 2.22. The van der Waals surface area contributed by atoms with E-state index in [-0.39, 0.29) is 86.5 Å². The summed E-state index contributed by atoms with van der Waals surface area (Å²) in [4.78, 5) is 0. The number of hydrogen-bond acceptors (Lipinski definition) is 0. The fourth-order valence-corrected chi connectivity index (χ4v) is 0. The summed E-state index contributed by atoms with van der Waals surface area (Å²) in [5.41, 5.74) is 0. The normalized spacial score (nSPS) is 0.